The van der Waals surface area contributed by atoms with E-state index in [0.29, 0.717) is 30.4 Å². The number of hydrogen-bond acceptors (Lipinski definition) is 10. The van der Waals surface area contributed by atoms with E-state index in [2.05, 4.69) is 0 Å². The second kappa shape index (κ2) is 15.7. The molecule has 58 heavy (non-hydrogen) atoms. The Morgan fingerprint density at radius 2 is 1.60 bits per heavy atom. The largest absolute Gasteiger partial charge is 0.461 e. The van der Waals surface area contributed by atoms with Crippen LogP contribution in [0.25, 0.3) is 10.8 Å². The lowest BCUT2D eigenvalue weighted by Crippen LogP contribution is -2.69. The maximum absolute atomic E-state index is 17.4. The third kappa shape index (κ3) is 6.94. The van der Waals surface area contributed by atoms with E-state index in [4.69, 9.17) is 15.2 Å². The number of carbonyl (C=O) groups is 5. The van der Waals surface area contributed by atoms with E-state index < -0.39 is 76.2 Å². The zero-order valence-electron chi connectivity index (χ0n) is 33.2. The van der Waals surface area contributed by atoms with Crippen LogP contribution in [0.2, 0.25) is 0 Å². The quantitative estimate of drug-likeness (QED) is 0.175. The van der Waals surface area contributed by atoms with Crippen LogP contribution in [0, 0.1) is 28.6 Å². The van der Waals surface area contributed by atoms with Crippen molar-refractivity contribution in [1.29, 1.82) is 0 Å². The Balaban J connectivity index is 0.890. The highest BCUT2D eigenvalue weighted by Gasteiger charge is 2.75. The summed E-state index contributed by atoms with van der Waals surface area (Å²) in [6.07, 6.45) is 3.38. The van der Waals surface area contributed by atoms with Crippen molar-refractivity contribution in [2.24, 2.45) is 34.3 Å². The first kappa shape index (κ1) is 41.3. The van der Waals surface area contributed by atoms with E-state index in [1.54, 1.807) is 51.1 Å². The van der Waals surface area contributed by atoms with E-state index in [1.807, 2.05) is 42.5 Å². The number of ether oxygens (including phenoxy) is 2. The van der Waals surface area contributed by atoms with Crippen molar-refractivity contribution in [3.05, 3.63) is 107 Å². The second-order valence-electron chi connectivity index (χ2n) is 17.3. The number of nitrogens with two attached hydrogens (primary N) is 1. The summed E-state index contributed by atoms with van der Waals surface area (Å²) < 4.78 is 28.1. The molecule has 0 heterocycles. The van der Waals surface area contributed by atoms with Crippen LogP contribution < -0.4 is 5.73 Å². The van der Waals surface area contributed by atoms with Crippen LogP contribution in [0.5, 0.6) is 0 Å². The molecule has 4 aliphatic rings. The molecule has 3 saturated carbocycles. The third-order valence-electron chi connectivity index (χ3n) is 14.1. The van der Waals surface area contributed by atoms with Gasteiger partial charge in [-0.3, -0.25) is 24.0 Å². The first-order valence-electron chi connectivity index (χ1n) is 20.2. The number of halogens is 1. The number of fused-ring (bicyclic) bond motifs is 6. The summed E-state index contributed by atoms with van der Waals surface area (Å²) in [6.45, 7) is 4.48. The SMILES string of the molecule is C[C@@H]1C[C@H]2[C@@H]3CCC4=CC(=O)C=C[C@]4(C)[C@@]3(F)[C@@H](O)C[C@]2(C)[C@@]1(O)C(=O)COC(=O)CCC(=O)OCc1ccc([C@@H](CN)C(=O)Cc2ccc3ccccc3c2)cc1. The maximum atomic E-state index is 17.4. The van der Waals surface area contributed by atoms with E-state index in [9.17, 15) is 34.2 Å². The summed E-state index contributed by atoms with van der Waals surface area (Å²) in [5, 5.41) is 25.9. The van der Waals surface area contributed by atoms with Crippen LogP contribution in [0.1, 0.15) is 81.9 Å². The van der Waals surface area contributed by atoms with Crippen molar-refractivity contribution in [2.75, 3.05) is 13.2 Å². The van der Waals surface area contributed by atoms with E-state index in [1.165, 1.54) is 12.2 Å². The van der Waals surface area contributed by atoms with Crippen LogP contribution >= 0.6 is 0 Å². The lowest BCUT2D eigenvalue weighted by atomic mass is 9.44. The number of rotatable bonds is 13. The molecule has 10 nitrogen and oxygen atoms in total. The number of aliphatic hydroxyl groups excluding tert-OH is 1. The number of aliphatic hydroxyl groups is 2. The molecule has 0 aliphatic heterocycles. The molecular weight excluding hydrogens is 742 g/mol. The Morgan fingerprint density at radius 1 is 0.931 bits per heavy atom. The molecule has 4 N–H and O–H groups in total. The molecule has 0 spiro atoms. The number of Topliss-reactive ketones (excluding diaryl/α,β-unsaturated/α-hetero) is 2. The third-order valence-corrected chi connectivity index (χ3v) is 14.1. The maximum Gasteiger partial charge on any atom is 0.306 e. The minimum absolute atomic E-state index is 0.000820. The molecule has 11 heteroatoms. The normalized spacial score (nSPS) is 31.7. The van der Waals surface area contributed by atoms with Gasteiger partial charge in [0, 0.05) is 29.7 Å². The minimum Gasteiger partial charge on any atom is -0.461 e. The van der Waals surface area contributed by atoms with Gasteiger partial charge in [-0.15, -0.1) is 0 Å². The van der Waals surface area contributed by atoms with Gasteiger partial charge >= 0.3 is 11.9 Å². The van der Waals surface area contributed by atoms with Crippen molar-refractivity contribution >= 4 is 40.1 Å². The van der Waals surface area contributed by atoms with Crippen molar-refractivity contribution < 1.29 is 48.0 Å². The molecule has 3 aromatic rings. The van der Waals surface area contributed by atoms with Crippen LogP contribution in [0.15, 0.2) is 90.5 Å². The van der Waals surface area contributed by atoms with Crippen LogP contribution in [0.3, 0.4) is 0 Å². The van der Waals surface area contributed by atoms with Gasteiger partial charge in [0.05, 0.1) is 24.9 Å². The summed E-state index contributed by atoms with van der Waals surface area (Å²) >= 11 is 0. The zero-order valence-corrected chi connectivity index (χ0v) is 33.2. The fourth-order valence-electron chi connectivity index (χ4n) is 10.9. The Labute approximate surface area is 337 Å². The second-order valence-corrected chi connectivity index (χ2v) is 17.3. The molecule has 9 atom stereocenters. The smallest absolute Gasteiger partial charge is 0.306 e. The molecular formula is C47H52FNO9. The predicted octanol–water partition coefficient (Wildman–Crippen LogP) is 5.98. The van der Waals surface area contributed by atoms with Crippen molar-refractivity contribution in [3.63, 3.8) is 0 Å². The van der Waals surface area contributed by atoms with Gasteiger partial charge in [0.1, 0.15) is 18.0 Å². The molecule has 3 aromatic carbocycles. The number of ketones is 3. The minimum atomic E-state index is -2.11. The molecule has 0 amide bonds. The van der Waals surface area contributed by atoms with Gasteiger partial charge in [0.2, 0.25) is 5.78 Å². The summed E-state index contributed by atoms with van der Waals surface area (Å²) in [7, 11) is 0. The van der Waals surface area contributed by atoms with E-state index in [-0.39, 0.29) is 50.4 Å². The Kier molecular flexibility index (Phi) is 11.2. The summed E-state index contributed by atoms with van der Waals surface area (Å²) in [6, 6.07) is 21.0. The topological polar surface area (TPSA) is 170 Å². The van der Waals surface area contributed by atoms with Gasteiger partial charge in [-0.1, -0.05) is 92.2 Å². The molecule has 3 fully saturated rings. The van der Waals surface area contributed by atoms with Gasteiger partial charge in [-0.2, -0.15) is 0 Å². The fourth-order valence-corrected chi connectivity index (χ4v) is 10.9. The monoisotopic (exact) mass is 793 g/mol. The lowest BCUT2D eigenvalue weighted by molar-refractivity contribution is -0.220. The molecule has 0 saturated heterocycles. The standard InChI is InChI=1S/C47H52FNO9/c1-28-20-38-37-15-14-34-23-35(50)18-19-44(34,2)46(37,48)40(52)24-45(38,3)47(28,56)41(53)27-58-43(55)17-16-42(54)57-26-29-8-12-32(13-9-29)36(25-49)39(51)22-30-10-11-31-6-4-5-7-33(31)21-30/h4-13,18-19,21,23,28,36-38,40,52,56H,14-17,20,22,24-27,49H2,1-3H3/t28-,36-,37+,38+,40+,44+,45+,46+,47+/m1/s1. The highest BCUT2D eigenvalue weighted by atomic mass is 19.1. The van der Waals surface area contributed by atoms with Gasteiger partial charge in [0.15, 0.2) is 18.1 Å². The first-order valence-corrected chi connectivity index (χ1v) is 20.2. The van der Waals surface area contributed by atoms with Crippen LogP contribution in [-0.2, 0) is 46.5 Å². The van der Waals surface area contributed by atoms with Gasteiger partial charge in [-0.05, 0) is 84.1 Å². The highest BCUT2D eigenvalue weighted by Crippen LogP contribution is 2.70. The van der Waals surface area contributed by atoms with Crippen LogP contribution in [0.4, 0.5) is 4.39 Å². The highest BCUT2D eigenvalue weighted by molar-refractivity contribution is 6.01. The Bertz CT molecular complexity index is 2200. The van der Waals surface area contributed by atoms with E-state index >= 15 is 4.39 Å². The molecule has 0 bridgehead atoms. The molecule has 306 valence electrons. The lowest BCUT2D eigenvalue weighted by Gasteiger charge is -2.62. The average Bonchev–Trinajstić information content (AvgIpc) is 3.41. The molecule has 0 unspecified atom stereocenters. The predicted molar refractivity (Wildman–Crippen MR) is 214 cm³/mol. The Hall–Kier alpha value is -4.84. The van der Waals surface area contributed by atoms with E-state index in [0.717, 1.165) is 21.9 Å². The molecule has 0 aromatic heterocycles. The number of benzene rings is 3. The summed E-state index contributed by atoms with van der Waals surface area (Å²) in [4.78, 5) is 64.4. The number of esters is 2. The number of carbonyl (C=O) groups excluding carboxylic acids is 5. The first-order chi connectivity index (χ1) is 27.5. The van der Waals surface area contributed by atoms with Crippen molar-refractivity contribution in [1.82, 2.24) is 0 Å². The van der Waals surface area contributed by atoms with Gasteiger partial charge in [-0.25, -0.2) is 4.39 Å². The van der Waals surface area contributed by atoms with Gasteiger partial charge in [0.25, 0.3) is 0 Å². The number of allylic oxidation sites excluding steroid dienone is 4. The zero-order chi connectivity index (χ0) is 41.6. The molecule has 4 aliphatic carbocycles. The average molecular weight is 794 g/mol. The van der Waals surface area contributed by atoms with Crippen molar-refractivity contribution in [2.45, 2.75) is 95.6 Å². The Morgan fingerprint density at radius 3 is 2.31 bits per heavy atom. The molecule has 7 rings (SSSR count). The van der Waals surface area contributed by atoms with Crippen LogP contribution in [-0.4, -0.2) is 70.0 Å². The molecule has 0 radical (unpaired) electrons. The number of hydrogen-bond donors (Lipinski definition) is 3. The van der Waals surface area contributed by atoms with Crippen molar-refractivity contribution in [3.8, 4) is 0 Å². The summed E-state index contributed by atoms with van der Waals surface area (Å²) in [5.74, 6) is -4.68. The van der Waals surface area contributed by atoms with Gasteiger partial charge < -0.3 is 25.4 Å². The number of alkyl halides is 1. The fraction of sp³-hybridized carbons (Fsp3) is 0.468. The summed E-state index contributed by atoms with van der Waals surface area (Å²) in [5.41, 5.74) is 2.49.